The van der Waals surface area contributed by atoms with Crippen LogP contribution in [0.1, 0.15) is 23.5 Å². The van der Waals surface area contributed by atoms with Gasteiger partial charge in [-0.2, -0.15) is 0 Å². The molecule has 2 rings (SSSR count). The van der Waals surface area contributed by atoms with Gasteiger partial charge in [-0.05, 0) is 18.9 Å². The molecule has 0 unspecified atom stereocenters. The van der Waals surface area contributed by atoms with Gasteiger partial charge in [-0.1, -0.05) is 0 Å². The fourth-order valence-electron chi connectivity index (χ4n) is 1.66. The summed E-state index contributed by atoms with van der Waals surface area (Å²) >= 11 is 0. The lowest BCUT2D eigenvalue weighted by molar-refractivity contribution is 0.0587. The highest BCUT2D eigenvalue weighted by molar-refractivity contribution is 5.85. The molecule has 1 fully saturated rings. The van der Waals surface area contributed by atoms with Gasteiger partial charge in [0, 0.05) is 19.3 Å². The van der Waals surface area contributed by atoms with Crippen molar-refractivity contribution in [3.63, 3.8) is 0 Å². The number of hydrogen-bond acceptors (Lipinski definition) is 5. The summed E-state index contributed by atoms with van der Waals surface area (Å²) in [5.41, 5.74) is 0. The summed E-state index contributed by atoms with van der Waals surface area (Å²) < 4.78 is 4.57. The minimum absolute atomic E-state index is 0.127. The normalized spacial score (nSPS) is 15.4. The van der Waals surface area contributed by atoms with Crippen LogP contribution < -0.4 is 4.90 Å². The van der Waals surface area contributed by atoms with Crippen molar-refractivity contribution in [2.45, 2.75) is 12.8 Å². The number of esters is 1. The molecule has 5 heteroatoms. The van der Waals surface area contributed by atoms with Crippen molar-refractivity contribution in [3.8, 4) is 0 Å². The van der Waals surface area contributed by atoms with E-state index >= 15 is 0 Å². The Hall–Kier alpha value is -1.65. The topological polar surface area (TPSA) is 55.3 Å². The maximum absolute atomic E-state index is 11.2. The number of carbonyl (C=O) groups is 1. The summed E-state index contributed by atoms with van der Waals surface area (Å²) in [6.07, 6.45) is 3.95. The van der Waals surface area contributed by atoms with Crippen LogP contribution in [0.4, 0.5) is 5.82 Å². The molecular formula is C10H13N3O2. The highest BCUT2D eigenvalue weighted by atomic mass is 16.5. The molecule has 0 amide bonds. The molecule has 0 saturated carbocycles. The Kier molecular flexibility index (Phi) is 2.80. The highest BCUT2D eigenvalue weighted by Gasteiger charge is 2.16. The smallest absolute Gasteiger partial charge is 0.376 e. The number of methoxy groups -OCH3 is 1. The second-order valence-electron chi connectivity index (χ2n) is 3.42. The summed E-state index contributed by atoms with van der Waals surface area (Å²) in [6, 6.07) is 1.82. The van der Waals surface area contributed by atoms with Gasteiger partial charge in [0.2, 0.25) is 5.82 Å². The quantitative estimate of drug-likeness (QED) is 0.673. The second-order valence-corrected chi connectivity index (χ2v) is 3.42. The Morgan fingerprint density at radius 1 is 1.47 bits per heavy atom. The van der Waals surface area contributed by atoms with Crippen molar-refractivity contribution >= 4 is 11.8 Å². The highest BCUT2D eigenvalue weighted by Crippen LogP contribution is 2.16. The lowest BCUT2D eigenvalue weighted by Crippen LogP contribution is -2.20. The van der Waals surface area contributed by atoms with E-state index in [1.807, 2.05) is 6.07 Å². The number of anilines is 1. The lowest BCUT2D eigenvalue weighted by atomic mass is 10.4. The van der Waals surface area contributed by atoms with Crippen LogP contribution >= 0.6 is 0 Å². The Morgan fingerprint density at radius 2 is 2.20 bits per heavy atom. The van der Waals surface area contributed by atoms with E-state index in [0.29, 0.717) is 0 Å². The van der Waals surface area contributed by atoms with Crippen molar-refractivity contribution in [2.24, 2.45) is 0 Å². The Bertz CT molecular complexity index is 361. The van der Waals surface area contributed by atoms with Crippen molar-refractivity contribution in [1.29, 1.82) is 0 Å². The van der Waals surface area contributed by atoms with Crippen LogP contribution in [0, 0.1) is 0 Å². The van der Waals surface area contributed by atoms with Crippen LogP contribution in [0.25, 0.3) is 0 Å². The summed E-state index contributed by atoms with van der Waals surface area (Å²) in [5, 5.41) is 0. The standard InChI is InChI=1S/C10H13N3O2/c1-15-10(14)9-11-5-4-8(12-9)13-6-2-3-7-13/h4-5H,2-3,6-7H2,1H3. The molecule has 0 aromatic carbocycles. The first-order chi connectivity index (χ1) is 7.31. The van der Waals surface area contributed by atoms with Crippen molar-refractivity contribution in [3.05, 3.63) is 18.1 Å². The number of rotatable bonds is 2. The van der Waals surface area contributed by atoms with E-state index in [1.54, 1.807) is 6.20 Å². The molecule has 1 saturated heterocycles. The zero-order chi connectivity index (χ0) is 10.7. The molecule has 0 spiro atoms. The molecule has 0 radical (unpaired) electrons. The number of carbonyl (C=O) groups excluding carboxylic acids is 1. The van der Waals surface area contributed by atoms with E-state index in [2.05, 4.69) is 19.6 Å². The molecule has 2 heterocycles. The fraction of sp³-hybridized carbons (Fsp3) is 0.500. The van der Waals surface area contributed by atoms with Crippen LogP contribution in [0.2, 0.25) is 0 Å². The van der Waals surface area contributed by atoms with E-state index < -0.39 is 5.97 Å². The van der Waals surface area contributed by atoms with Crippen LogP contribution in [0.3, 0.4) is 0 Å². The van der Waals surface area contributed by atoms with Crippen LogP contribution in [0.15, 0.2) is 12.3 Å². The Balaban J connectivity index is 2.21. The van der Waals surface area contributed by atoms with Gasteiger partial charge in [-0.15, -0.1) is 0 Å². The maximum atomic E-state index is 11.2. The first-order valence-electron chi connectivity index (χ1n) is 4.97. The van der Waals surface area contributed by atoms with Crippen molar-refractivity contribution in [1.82, 2.24) is 9.97 Å². The molecule has 5 nitrogen and oxygen atoms in total. The molecule has 0 aliphatic carbocycles. The molecule has 1 aromatic rings. The van der Waals surface area contributed by atoms with E-state index in [-0.39, 0.29) is 5.82 Å². The van der Waals surface area contributed by atoms with Crippen LogP contribution in [-0.2, 0) is 4.74 Å². The Labute approximate surface area is 88.1 Å². The molecule has 1 aliphatic heterocycles. The monoisotopic (exact) mass is 207 g/mol. The van der Waals surface area contributed by atoms with E-state index in [1.165, 1.54) is 20.0 Å². The van der Waals surface area contributed by atoms with E-state index in [9.17, 15) is 4.79 Å². The number of hydrogen-bond donors (Lipinski definition) is 0. The zero-order valence-corrected chi connectivity index (χ0v) is 8.64. The summed E-state index contributed by atoms with van der Waals surface area (Å²) in [5.74, 6) is 0.445. The summed E-state index contributed by atoms with van der Waals surface area (Å²) in [7, 11) is 1.33. The first kappa shape index (κ1) is 9.89. The van der Waals surface area contributed by atoms with Gasteiger partial charge in [0.15, 0.2) is 0 Å². The first-order valence-corrected chi connectivity index (χ1v) is 4.97. The van der Waals surface area contributed by atoms with Gasteiger partial charge in [0.25, 0.3) is 0 Å². The number of aromatic nitrogens is 2. The Morgan fingerprint density at radius 3 is 2.87 bits per heavy atom. The molecule has 15 heavy (non-hydrogen) atoms. The van der Waals surface area contributed by atoms with Crippen LogP contribution in [-0.4, -0.2) is 36.1 Å². The zero-order valence-electron chi connectivity index (χ0n) is 8.64. The number of nitrogens with zero attached hydrogens (tertiary/aromatic N) is 3. The van der Waals surface area contributed by atoms with E-state index in [0.717, 1.165) is 18.9 Å². The molecule has 1 aromatic heterocycles. The van der Waals surface area contributed by atoms with Gasteiger partial charge < -0.3 is 9.64 Å². The predicted octanol–water partition coefficient (Wildman–Crippen LogP) is 0.863. The maximum Gasteiger partial charge on any atom is 0.376 e. The molecule has 0 N–H and O–H groups in total. The number of ether oxygens (including phenoxy) is 1. The summed E-state index contributed by atoms with van der Waals surface area (Å²) in [6.45, 7) is 2.00. The van der Waals surface area contributed by atoms with E-state index in [4.69, 9.17) is 0 Å². The van der Waals surface area contributed by atoms with Gasteiger partial charge in [-0.3, -0.25) is 0 Å². The molecule has 1 aliphatic rings. The van der Waals surface area contributed by atoms with Gasteiger partial charge in [-0.25, -0.2) is 14.8 Å². The third-order valence-electron chi connectivity index (χ3n) is 2.44. The average Bonchev–Trinajstić information content (AvgIpc) is 2.82. The van der Waals surface area contributed by atoms with Gasteiger partial charge in [0.1, 0.15) is 5.82 Å². The van der Waals surface area contributed by atoms with Crippen LogP contribution in [0.5, 0.6) is 0 Å². The lowest BCUT2D eigenvalue weighted by Gasteiger charge is -2.15. The average molecular weight is 207 g/mol. The third-order valence-corrected chi connectivity index (χ3v) is 2.44. The van der Waals surface area contributed by atoms with Gasteiger partial charge in [0.05, 0.1) is 7.11 Å². The second kappa shape index (κ2) is 4.25. The molecule has 0 bridgehead atoms. The fourth-order valence-corrected chi connectivity index (χ4v) is 1.66. The van der Waals surface area contributed by atoms with Crippen molar-refractivity contribution < 1.29 is 9.53 Å². The summed E-state index contributed by atoms with van der Waals surface area (Å²) in [4.78, 5) is 21.4. The van der Waals surface area contributed by atoms with Gasteiger partial charge >= 0.3 is 5.97 Å². The SMILES string of the molecule is COC(=O)c1nccc(N2CCCC2)n1. The molecule has 80 valence electrons. The minimum atomic E-state index is -0.490. The largest absolute Gasteiger partial charge is 0.463 e. The van der Waals surface area contributed by atoms with Crippen molar-refractivity contribution in [2.75, 3.05) is 25.1 Å². The predicted molar refractivity (Wildman–Crippen MR) is 54.8 cm³/mol. The molecular weight excluding hydrogens is 194 g/mol. The third kappa shape index (κ3) is 2.06. The minimum Gasteiger partial charge on any atom is -0.463 e. The molecule has 0 atom stereocenters.